The van der Waals surface area contributed by atoms with Crippen LogP contribution in [0.25, 0.3) is 5.69 Å². The van der Waals surface area contributed by atoms with Crippen molar-refractivity contribution < 1.29 is 14.3 Å². The van der Waals surface area contributed by atoms with E-state index in [0.29, 0.717) is 11.4 Å². The number of aliphatic imine (C=N–C) groups is 1. The van der Waals surface area contributed by atoms with Gasteiger partial charge in [0.2, 0.25) is 0 Å². The van der Waals surface area contributed by atoms with Gasteiger partial charge in [0.25, 0.3) is 0 Å². The highest BCUT2D eigenvalue weighted by Gasteiger charge is 2.25. The highest BCUT2D eigenvalue weighted by atomic mass is 16.5. The second-order valence-electron chi connectivity index (χ2n) is 4.97. The Morgan fingerprint density at radius 1 is 1.42 bits per heavy atom. The molecule has 124 valence electrons. The molecule has 0 saturated carbocycles. The predicted molar refractivity (Wildman–Crippen MR) is 88.0 cm³/mol. The molecule has 2 rings (SSSR count). The molecular formula is C16H17N5O3. The maximum absolute atomic E-state index is 12.2. The number of hydrogen-bond donors (Lipinski definition) is 0. The van der Waals surface area contributed by atoms with Crippen molar-refractivity contribution in [2.75, 3.05) is 28.3 Å². The summed E-state index contributed by atoms with van der Waals surface area (Å²) in [4.78, 5) is 18.1. The van der Waals surface area contributed by atoms with Crippen LogP contribution in [0.4, 0.5) is 5.69 Å². The highest BCUT2D eigenvalue weighted by Crippen LogP contribution is 2.28. The molecule has 1 heterocycles. The molecule has 1 aromatic carbocycles. The van der Waals surface area contributed by atoms with Crippen LogP contribution in [-0.4, -0.2) is 55.3 Å². The van der Waals surface area contributed by atoms with E-state index in [2.05, 4.69) is 10.1 Å². The average molecular weight is 327 g/mol. The molecule has 0 radical (unpaired) electrons. The molecule has 0 bridgehead atoms. The van der Waals surface area contributed by atoms with E-state index >= 15 is 0 Å². The van der Waals surface area contributed by atoms with Crippen LogP contribution < -0.4 is 4.74 Å². The molecule has 0 N–H and O–H groups in total. The van der Waals surface area contributed by atoms with E-state index in [-0.39, 0.29) is 17.1 Å². The molecule has 0 amide bonds. The number of ether oxygens (including phenoxy) is 2. The molecule has 1 aromatic heterocycles. The number of hydrogen-bond acceptors (Lipinski definition) is 6. The Hall–Kier alpha value is -3.34. The van der Waals surface area contributed by atoms with Crippen molar-refractivity contribution in [1.82, 2.24) is 14.7 Å². The SMILES string of the molecule is COC(=O)c1c(N=CN(C)C)c(C#N)nn1-c1cccc(OC)c1. The number of rotatable bonds is 5. The van der Waals surface area contributed by atoms with Gasteiger partial charge >= 0.3 is 5.97 Å². The Kier molecular flexibility index (Phi) is 5.16. The van der Waals surface area contributed by atoms with E-state index < -0.39 is 5.97 Å². The van der Waals surface area contributed by atoms with Crippen molar-refractivity contribution in [2.45, 2.75) is 0 Å². The summed E-state index contributed by atoms with van der Waals surface area (Å²) in [7, 11) is 6.35. The van der Waals surface area contributed by atoms with E-state index in [9.17, 15) is 10.1 Å². The summed E-state index contributed by atoms with van der Waals surface area (Å²) in [5, 5.41) is 13.5. The van der Waals surface area contributed by atoms with Crippen LogP contribution in [0.3, 0.4) is 0 Å². The van der Waals surface area contributed by atoms with Crippen molar-refractivity contribution in [3.63, 3.8) is 0 Å². The summed E-state index contributed by atoms with van der Waals surface area (Å²) in [6, 6.07) is 8.91. The average Bonchev–Trinajstić information content (AvgIpc) is 2.97. The lowest BCUT2D eigenvalue weighted by Gasteiger charge is -2.08. The molecule has 8 heteroatoms. The summed E-state index contributed by atoms with van der Waals surface area (Å²) in [5.41, 5.74) is 0.801. The van der Waals surface area contributed by atoms with Crippen molar-refractivity contribution in [2.24, 2.45) is 4.99 Å². The van der Waals surface area contributed by atoms with E-state index in [1.54, 1.807) is 43.3 Å². The third-order valence-electron chi connectivity index (χ3n) is 3.06. The fourth-order valence-electron chi connectivity index (χ4n) is 1.99. The van der Waals surface area contributed by atoms with Crippen LogP contribution in [0, 0.1) is 11.3 Å². The van der Waals surface area contributed by atoms with Crippen molar-refractivity contribution in [1.29, 1.82) is 5.26 Å². The fraction of sp³-hybridized carbons (Fsp3) is 0.250. The monoisotopic (exact) mass is 327 g/mol. The second-order valence-corrected chi connectivity index (χ2v) is 4.97. The Balaban J connectivity index is 2.71. The first kappa shape index (κ1) is 17.0. The Labute approximate surface area is 139 Å². The lowest BCUT2D eigenvalue weighted by molar-refractivity contribution is 0.0591. The van der Waals surface area contributed by atoms with Crippen LogP contribution in [0.5, 0.6) is 5.75 Å². The van der Waals surface area contributed by atoms with Gasteiger partial charge in [-0.3, -0.25) is 0 Å². The van der Waals surface area contributed by atoms with Gasteiger partial charge in [-0.15, -0.1) is 0 Å². The van der Waals surface area contributed by atoms with Gasteiger partial charge in [-0.25, -0.2) is 14.5 Å². The third kappa shape index (κ3) is 3.35. The number of nitriles is 1. The molecule has 8 nitrogen and oxygen atoms in total. The fourth-order valence-corrected chi connectivity index (χ4v) is 1.99. The minimum Gasteiger partial charge on any atom is -0.497 e. The first-order chi connectivity index (χ1) is 11.5. The van der Waals surface area contributed by atoms with Crippen molar-refractivity contribution in [3.05, 3.63) is 35.7 Å². The van der Waals surface area contributed by atoms with Crippen LogP contribution in [0.1, 0.15) is 16.2 Å². The van der Waals surface area contributed by atoms with E-state index in [1.807, 2.05) is 6.07 Å². The maximum atomic E-state index is 12.2. The summed E-state index contributed by atoms with van der Waals surface area (Å²) in [6.07, 6.45) is 1.49. The predicted octanol–water partition coefficient (Wildman–Crippen LogP) is 1.76. The molecule has 0 aliphatic heterocycles. The lowest BCUT2D eigenvalue weighted by atomic mass is 10.2. The molecular weight excluding hydrogens is 310 g/mol. The molecule has 0 fully saturated rings. The molecule has 0 atom stereocenters. The van der Waals surface area contributed by atoms with Crippen LogP contribution in [0.2, 0.25) is 0 Å². The standard InChI is InChI=1S/C16H17N5O3/c1-20(2)10-18-14-13(9-17)19-21(15(14)16(22)24-4)11-6-5-7-12(8-11)23-3/h5-8,10H,1-4H3. The number of aromatic nitrogens is 2. The first-order valence-electron chi connectivity index (χ1n) is 6.98. The molecule has 2 aromatic rings. The normalized spacial score (nSPS) is 10.5. The van der Waals surface area contributed by atoms with Crippen LogP contribution in [-0.2, 0) is 4.74 Å². The molecule has 0 unspecified atom stereocenters. The van der Waals surface area contributed by atoms with E-state index in [4.69, 9.17) is 9.47 Å². The van der Waals surface area contributed by atoms with Gasteiger partial charge in [0, 0.05) is 20.2 Å². The van der Waals surface area contributed by atoms with Crippen LogP contribution in [0.15, 0.2) is 29.3 Å². The summed E-state index contributed by atoms with van der Waals surface area (Å²) < 4.78 is 11.3. The van der Waals surface area contributed by atoms with E-state index in [1.165, 1.54) is 25.2 Å². The molecule has 0 saturated heterocycles. The van der Waals surface area contributed by atoms with Gasteiger partial charge in [0.05, 0.1) is 26.2 Å². The van der Waals surface area contributed by atoms with Gasteiger partial charge < -0.3 is 14.4 Å². The molecule has 0 aliphatic rings. The number of carbonyl (C=O) groups is 1. The van der Waals surface area contributed by atoms with E-state index in [0.717, 1.165) is 0 Å². The zero-order valence-electron chi connectivity index (χ0n) is 13.8. The summed E-state index contributed by atoms with van der Waals surface area (Å²) >= 11 is 0. The molecule has 0 spiro atoms. The van der Waals surface area contributed by atoms with Gasteiger partial charge in [-0.05, 0) is 12.1 Å². The largest absolute Gasteiger partial charge is 0.497 e. The molecule has 24 heavy (non-hydrogen) atoms. The smallest absolute Gasteiger partial charge is 0.359 e. The number of methoxy groups -OCH3 is 2. The number of esters is 1. The zero-order valence-corrected chi connectivity index (χ0v) is 13.8. The highest BCUT2D eigenvalue weighted by molar-refractivity contribution is 5.95. The van der Waals surface area contributed by atoms with Gasteiger partial charge in [-0.2, -0.15) is 10.4 Å². The Morgan fingerprint density at radius 3 is 2.75 bits per heavy atom. The summed E-state index contributed by atoms with van der Waals surface area (Å²) in [5.74, 6) is -0.0478. The summed E-state index contributed by atoms with van der Waals surface area (Å²) in [6.45, 7) is 0. The minimum atomic E-state index is -0.641. The zero-order chi connectivity index (χ0) is 17.7. The maximum Gasteiger partial charge on any atom is 0.359 e. The van der Waals surface area contributed by atoms with Gasteiger partial charge in [0.1, 0.15) is 17.5 Å². The number of carbonyl (C=O) groups excluding carboxylic acids is 1. The third-order valence-corrected chi connectivity index (χ3v) is 3.06. The number of benzene rings is 1. The number of nitrogens with zero attached hydrogens (tertiary/aromatic N) is 5. The quantitative estimate of drug-likeness (QED) is 0.472. The molecule has 0 aliphatic carbocycles. The lowest BCUT2D eigenvalue weighted by Crippen LogP contribution is -2.11. The second kappa shape index (κ2) is 7.28. The topological polar surface area (TPSA) is 92.7 Å². The van der Waals surface area contributed by atoms with Gasteiger partial charge in [-0.1, -0.05) is 6.07 Å². The van der Waals surface area contributed by atoms with Gasteiger partial charge in [0.15, 0.2) is 11.4 Å². The van der Waals surface area contributed by atoms with Crippen LogP contribution >= 0.6 is 0 Å². The first-order valence-corrected chi connectivity index (χ1v) is 6.98. The van der Waals surface area contributed by atoms with Crippen molar-refractivity contribution in [3.8, 4) is 17.5 Å². The Morgan fingerprint density at radius 2 is 2.17 bits per heavy atom. The Bertz CT molecular complexity index is 818. The van der Waals surface area contributed by atoms with Crippen molar-refractivity contribution >= 4 is 18.0 Å². The minimum absolute atomic E-state index is 0.0244.